The van der Waals surface area contributed by atoms with Crippen molar-refractivity contribution in [1.82, 2.24) is 9.88 Å². The molecular weight excluding hydrogens is 424 g/mol. The van der Waals surface area contributed by atoms with Crippen molar-refractivity contribution in [2.24, 2.45) is 0 Å². The Morgan fingerprint density at radius 2 is 1.97 bits per heavy atom. The number of aromatic nitrogens is 1. The highest BCUT2D eigenvalue weighted by Crippen LogP contribution is 2.30. The van der Waals surface area contributed by atoms with Gasteiger partial charge in [0.1, 0.15) is 11.5 Å². The Hall–Kier alpha value is -3.32. The molecular formula is C26H27F2N3O2. The first-order chi connectivity index (χ1) is 15.8. The lowest BCUT2D eigenvalue weighted by Gasteiger charge is -2.34. The van der Waals surface area contributed by atoms with Gasteiger partial charge in [-0.15, -0.1) is 0 Å². The standard InChI is InChI=1S/C26H27F2N3O2/c1-4-30-15-20(22(32)10-9-18-7-5-16(2)6-8-18)26(33)19-13-21(27)25(23(28)24(19)30)31-12-11-29-17(3)14-31/h5-10,13,15,17,29H,4,11-12,14H2,1-3H3/b10-9+. The molecule has 172 valence electrons. The average molecular weight is 452 g/mol. The fourth-order valence-corrected chi connectivity index (χ4v) is 4.27. The number of rotatable bonds is 5. The van der Waals surface area contributed by atoms with Gasteiger partial charge in [0.25, 0.3) is 0 Å². The Labute approximate surface area is 191 Å². The zero-order valence-corrected chi connectivity index (χ0v) is 19.0. The molecule has 1 fully saturated rings. The number of hydrogen-bond donors (Lipinski definition) is 1. The van der Waals surface area contributed by atoms with Crippen LogP contribution in [0.2, 0.25) is 0 Å². The number of anilines is 1. The van der Waals surface area contributed by atoms with Gasteiger partial charge in [0, 0.05) is 38.4 Å². The van der Waals surface area contributed by atoms with Crippen LogP contribution in [0.1, 0.15) is 35.3 Å². The minimum absolute atomic E-state index is 0.0177. The third-order valence-electron chi connectivity index (χ3n) is 6.03. The molecule has 0 radical (unpaired) electrons. The van der Waals surface area contributed by atoms with E-state index in [1.165, 1.54) is 16.8 Å². The Bertz CT molecular complexity index is 1300. The number of pyridine rings is 1. The molecule has 1 unspecified atom stereocenters. The first-order valence-corrected chi connectivity index (χ1v) is 11.1. The lowest BCUT2D eigenvalue weighted by Crippen LogP contribution is -2.49. The van der Waals surface area contributed by atoms with E-state index in [0.29, 0.717) is 26.2 Å². The van der Waals surface area contributed by atoms with Crippen molar-refractivity contribution < 1.29 is 13.6 Å². The van der Waals surface area contributed by atoms with Gasteiger partial charge in [-0.25, -0.2) is 8.78 Å². The maximum atomic E-state index is 15.6. The number of nitrogens with zero attached hydrogens (tertiary/aromatic N) is 2. The van der Waals surface area contributed by atoms with Crippen LogP contribution < -0.4 is 15.6 Å². The SMILES string of the molecule is CCn1cc(C(=O)/C=C/c2ccc(C)cc2)c(=O)c2cc(F)c(N3CCNC(C)C3)c(F)c21. The van der Waals surface area contributed by atoms with Crippen LogP contribution in [-0.2, 0) is 6.54 Å². The van der Waals surface area contributed by atoms with Crippen molar-refractivity contribution in [2.75, 3.05) is 24.5 Å². The van der Waals surface area contributed by atoms with E-state index in [9.17, 15) is 9.59 Å². The minimum atomic E-state index is -0.798. The highest BCUT2D eigenvalue weighted by molar-refractivity contribution is 6.08. The minimum Gasteiger partial charge on any atom is -0.364 e. The summed E-state index contributed by atoms with van der Waals surface area (Å²) in [4.78, 5) is 27.6. The summed E-state index contributed by atoms with van der Waals surface area (Å²) < 4.78 is 32.2. The molecule has 1 aromatic heterocycles. The number of piperazine rings is 1. The summed E-state index contributed by atoms with van der Waals surface area (Å²) in [6.07, 6.45) is 4.31. The van der Waals surface area contributed by atoms with E-state index in [1.54, 1.807) is 17.9 Å². The van der Waals surface area contributed by atoms with Crippen LogP contribution in [0.15, 0.2) is 47.4 Å². The summed E-state index contributed by atoms with van der Waals surface area (Å²) in [7, 11) is 0. The number of benzene rings is 2. The van der Waals surface area contributed by atoms with Gasteiger partial charge in [-0.1, -0.05) is 35.9 Å². The maximum absolute atomic E-state index is 15.6. The molecule has 33 heavy (non-hydrogen) atoms. The van der Waals surface area contributed by atoms with Crippen molar-refractivity contribution in [2.45, 2.75) is 33.4 Å². The van der Waals surface area contributed by atoms with E-state index >= 15 is 8.78 Å². The molecule has 1 aliphatic rings. The topological polar surface area (TPSA) is 54.3 Å². The second-order valence-electron chi connectivity index (χ2n) is 8.48. The van der Waals surface area contributed by atoms with E-state index in [-0.39, 0.29) is 28.2 Å². The Balaban J connectivity index is 1.80. The second kappa shape index (κ2) is 9.27. The quantitative estimate of drug-likeness (QED) is 0.464. The summed E-state index contributed by atoms with van der Waals surface area (Å²) in [5.41, 5.74) is 1.01. The molecule has 7 heteroatoms. The molecule has 1 saturated heterocycles. The zero-order valence-electron chi connectivity index (χ0n) is 19.0. The molecule has 1 atom stereocenters. The number of aryl methyl sites for hydroxylation is 2. The van der Waals surface area contributed by atoms with Gasteiger partial charge in [-0.3, -0.25) is 9.59 Å². The van der Waals surface area contributed by atoms with Crippen LogP contribution in [0, 0.1) is 18.6 Å². The van der Waals surface area contributed by atoms with Crippen molar-refractivity contribution >= 4 is 28.4 Å². The summed E-state index contributed by atoms with van der Waals surface area (Å²) in [5.74, 6) is -2.08. The average Bonchev–Trinajstić information content (AvgIpc) is 2.79. The van der Waals surface area contributed by atoms with E-state index in [4.69, 9.17) is 0 Å². The van der Waals surface area contributed by atoms with E-state index in [1.807, 2.05) is 38.1 Å². The second-order valence-corrected chi connectivity index (χ2v) is 8.48. The van der Waals surface area contributed by atoms with E-state index in [2.05, 4.69) is 5.32 Å². The fourth-order valence-electron chi connectivity index (χ4n) is 4.27. The monoisotopic (exact) mass is 451 g/mol. The van der Waals surface area contributed by atoms with Gasteiger partial charge < -0.3 is 14.8 Å². The molecule has 0 amide bonds. The molecule has 1 N–H and O–H groups in total. The number of fused-ring (bicyclic) bond motifs is 1. The van der Waals surface area contributed by atoms with Gasteiger partial charge in [-0.05, 0) is 38.5 Å². The summed E-state index contributed by atoms with van der Waals surface area (Å²) >= 11 is 0. The van der Waals surface area contributed by atoms with Gasteiger partial charge in [-0.2, -0.15) is 0 Å². The van der Waals surface area contributed by atoms with Crippen molar-refractivity contribution in [1.29, 1.82) is 0 Å². The first-order valence-electron chi connectivity index (χ1n) is 11.1. The van der Waals surface area contributed by atoms with Gasteiger partial charge in [0.05, 0.1) is 16.5 Å². The van der Waals surface area contributed by atoms with Crippen molar-refractivity contribution in [3.8, 4) is 0 Å². The molecule has 0 spiro atoms. The molecule has 0 bridgehead atoms. The number of ketones is 1. The predicted molar refractivity (Wildman–Crippen MR) is 128 cm³/mol. The number of carbonyl (C=O) groups excluding carboxylic acids is 1. The first kappa shape index (κ1) is 22.9. The Morgan fingerprint density at radius 3 is 2.64 bits per heavy atom. The smallest absolute Gasteiger partial charge is 0.200 e. The van der Waals surface area contributed by atoms with Crippen LogP contribution in [-0.4, -0.2) is 36.0 Å². The van der Waals surface area contributed by atoms with Gasteiger partial charge >= 0.3 is 0 Å². The molecule has 0 aliphatic carbocycles. The maximum Gasteiger partial charge on any atom is 0.200 e. The molecule has 3 aromatic rings. The molecule has 1 aliphatic heterocycles. The Kier molecular flexibility index (Phi) is 6.42. The van der Waals surface area contributed by atoms with Crippen LogP contribution >= 0.6 is 0 Å². The van der Waals surface area contributed by atoms with Gasteiger partial charge in [0.2, 0.25) is 5.43 Å². The number of hydrogen-bond acceptors (Lipinski definition) is 4. The Morgan fingerprint density at radius 1 is 1.24 bits per heavy atom. The van der Waals surface area contributed by atoms with Crippen LogP contribution in [0.4, 0.5) is 14.5 Å². The third-order valence-corrected chi connectivity index (χ3v) is 6.03. The normalized spacial score (nSPS) is 16.6. The summed E-state index contributed by atoms with van der Waals surface area (Å²) in [6, 6.07) is 8.73. The van der Waals surface area contributed by atoms with Crippen LogP contribution in [0.25, 0.3) is 17.0 Å². The van der Waals surface area contributed by atoms with Crippen LogP contribution in [0.3, 0.4) is 0 Å². The van der Waals surface area contributed by atoms with Crippen molar-refractivity contribution in [3.63, 3.8) is 0 Å². The number of carbonyl (C=O) groups is 1. The molecule has 4 rings (SSSR count). The molecule has 0 saturated carbocycles. The zero-order chi connectivity index (χ0) is 23.7. The number of halogens is 2. The lowest BCUT2D eigenvalue weighted by atomic mass is 10.0. The number of allylic oxidation sites excluding steroid dienone is 1. The molecule has 5 nitrogen and oxygen atoms in total. The van der Waals surface area contributed by atoms with E-state index in [0.717, 1.165) is 17.2 Å². The van der Waals surface area contributed by atoms with E-state index < -0.39 is 22.8 Å². The summed E-state index contributed by atoms with van der Waals surface area (Å²) in [5, 5.41) is 3.12. The largest absolute Gasteiger partial charge is 0.364 e. The molecule has 2 heterocycles. The van der Waals surface area contributed by atoms with Crippen LogP contribution in [0.5, 0.6) is 0 Å². The predicted octanol–water partition coefficient (Wildman–Crippen LogP) is 4.30. The van der Waals surface area contributed by atoms with Gasteiger partial charge in [0.15, 0.2) is 11.6 Å². The highest BCUT2D eigenvalue weighted by Gasteiger charge is 2.26. The lowest BCUT2D eigenvalue weighted by molar-refractivity contribution is 0.104. The summed E-state index contributed by atoms with van der Waals surface area (Å²) in [6.45, 7) is 7.55. The highest BCUT2D eigenvalue weighted by atomic mass is 19.1. The fraction of sp³-hybridized carbons (Fsp3) is 0.308. The molecule has 2 aromatic carbocycles. The van der Waals surface area contributed by atoms with Crippen molar-refractivity contribution in [3.05, 3.63) is 81.2 Å². The third kappa shape index (κ3) is 4.46. The number of nitrogens with one attached hydrogen (secondary N) is 1.